The Hall–Kier alpha value is -1.40. The Morgan fingerprint density at radius 1 is 1.03 bits per heavy atom. The Morgan fingerprint density at radius 2 is 1.76 bits per heavy atom. The van der Waals surface area contributed by atoms with Gasteiger partial charge >= 0.3 is 0 Å². The van der Waals surface area contributed by atoms with E-state index >= 15 is 0 Å². The van der Waals surface area contributed by atoms with Crippen LogP contribution in [0.25, 0.3) is 10.2 Å². The summed E-state index contributed by atoms with van der Waals surface area (Å²) >= 11 is 1.81. The monoisotopic (exact) mass is 415 g/mol. The van der Waals surface area contributed by atoms with E-state index in [4.69, 9.17) is 4.98 Å². The largest absolute Gasteiger partial charge is 0.332 e. The fourth-order valence-electron chi connectivity index (χ4n) is 5.65. The molecule has 1 aliphatic heterocycles. The lowest BCUT2D eigenvalue weighted by atomic mass is 9.95. The Labute approximate surface area is 177 Å². The predicted octanol–water partition coefficient (Wildman–Crippen LogP) is 2.96. The summed E-state index contributed by atoms with van der Waals surface area (Å²) < 4.78 is 2.15. The van der Waals surface area contributed by atoms with E-state index < -0.39 is 0 Å². The van der Waals surface area contributed by atoms with E-state index in [-0.39, 0.29) is 5.56 Å². The van der Waals surface area contributed by atoms with Crippen molar-refractivity contribution in [2.24, 2.45) is 0 Å². The fourth-order valence-corrected chi connectivity index (χ4v) is 6.90. The van der Waals surface area contributed by atoms with Crippen LogP contribution in [0.1, 0.15) is 74.8 Å². The van der Waals surface area contributed by atoms with E-state index in [9.17, 15) is 4.79 Å². The molecule has 5 nitrogen and oxygen atoms in total. The van der Waals surface area contributed by atoms with E-state index in [1.807, 2.05) is 11.3 Å². The quantitative estimate of drug-likeness (QED) is 0.784. The van der Waals surface area contributed by atoms with Gasteiger partial charge in [0.05, 0.1) is 38.1 Å². The van der Waals surface area contributed by atoms with Crippen LogP contribution in [0.3, 0.4) is 0 Å². The molecule has 5 rings (SSSR count). The third-order valence-corrected chi connectivity index (χ3v) is 8.63. The molecule has 0 amide bonds. The molecule has 1 N–H and O–H groups in total. The lowest BCUT2D eigenvalue weighted by Gasteiger charge is -2.35. The van der Waals surface area contributed by atoms with Crippen molar-refractivity contribution in [3.05, 3.63) is 20.8 Å². The number of nitrogens with one attached hydrogen (secondary N) is 1. The number of hydrogen-bond donors (Lipinski definition) is 1. The Morgan fingerprint density at radius 3 is 2.52 bits per heavy atom. The first-order chi connectivity index (χ1) is 14.3. The number of anilines is 1. The molecule has 3 aliphatic rings. The van der Waals surface area contributed by atoms with Crippen molar-refractivity contribution in [1.82, 2.24) is 9.55 Å². The first kappa shape index (κ1) is 19.6. The maximum Gasteiger partial charge on any atom is 0.264 e. The van der Waals surface area contributed by atoms with Crippen molar-refractivity contribution < 1.29 is 4.90 Å². The van der Waals surface area contributed by atoms with E-state index in [0.717, 1.165) is 68.0 Å². The van der Waals surface area contributed by atoms with Gasteiger partial charge in [-0.1, -0.05) is 25.7 Å². The summed E-state index contributed by atoms with van der Waals surface area (Å²) in [5.74, 6) is 0.973. The minimum atomic E-state index is 0.265. The van der Waals surface area contributed by atoms with Gasteiger partial charge in [-0.3, -0.25) is 9.36 Å². The Balaban J connectivity index is 1.63. The number of rotatable bonds is 3. The standard InChI is InChI=1S/C23H34N4OS/c1-2-25-13-15-26(16-14-25)23-24-21-20(18-11-7-4-8-12-19(18)29-21)22(28)27(23)17-9-5-3-6-10-17/h17H,2-16H2,1H3/p+1. The van der Waals surface area contributed by atoms with Gasteiger partial charge in [0.15, 0.2) is 0 Å². The van der Waals surface area contributed by atoms with Crippen molar-refractivity contribution in [1.29, 1.82) is 0 Å². The molecule has 1 saturated carbocycles. The van der Waals surface area contributed by atoms with Crippen LogP contribution in [0, 0.1) is 0 Å². The first-order valence-corrected chi connectivity index (χ1v) is 12.7. The molecule has 0 unspecified atom stereocenters. The summed E-state index contributed by atoms with van der Waals surface area (Å²) in [6.07, 6.45) is 12.0. The number of likely N-dealkylation sites (N-methyl/N-ethyl adjacent to an activating group) is 1. The van der Waals surface area contributed by atoms with Crippen LogP contribution in [-0.4, -0.2) is 42.3 Å². The molecule has 3 heterocycles. The van der Waals surface area contributed by atoms with Gasteiger partial charge < -0.3 is 9.80 Å². The average molecular weight is 416 g/mol. The Kier molecular flexibility index (Phi) is 5.65. The third kappa shape index (κ3) is 3.63. The van der Waals surface area contributed by atoms with E-state index in [0.29, 0.717) is 6.04 Å². The van der Waals surface area contributed by atoms with Crippen LogP contribution in [-0.2, 0) is 12.8 Å². The van der Waals surface area contributed by atoms with Gasteiger partial charge in [-0.2, -0.15) is 0 Å². The second-order valence-corrected chi connectivity index (χ2v) is 10.3. The number of aryl methyl sites for hydroxylation is 2. The van der Waals surface area contributed by atoms with E-state index in [1.54, 1.807) is 4.90 Å². The normalized spacial score (nSPS) is 22.0. The number of quaternary nitrogens is 1. The molecular formula is C23H35N4OS+. The van der Waals surface area contributed by atoms with Gasteiger partial charge in [-0.15, -0.1) is 11.3 Å². The highest BCUT2D eigenvalue weighted by Gasteiger charge is 2.29. The van der Waals surface area contributed by atoms with Gasteiger partial charge in [-0.05, 0) is 51.0 Å². The van der Waals surface area contributed by atoms with Gasteiger partial charge in [-0.25, -0.2) is 4.98 Å². The summed E-state index contributed by atoms with van der Waals surface area (Å²) in [5, 5.41) is 0.971. The second kappa shape index (κ2) is 8.38. The first-order valence-electron chi connectivity index (χ1n) is 11.9. The smallest absolute Gasteiger partial charge is 0.264 e. The zero-order chi connectivity index (χ0) is 19.8. The summed E-state index contributed by atoms with van der Waals surface area (Å²) in [7, 11) is 0. The van der Waals surface area contributed by atoms with Crippen LogP contribution < -0.4 is 15.4 Å². The third-order valence-electron chi connectivity index (χ3n) is 7.45. The molecule has 0 spiro atoms. The molecule has 6 heteroatoms. The Bertz CT molecular complexity index is 919. The molecule has 158 valence electrons. The molecule has 0 atom stereocenters. The molecule has 2 fully saturated rings. The lowest BCUT2D eigenvalue weighted by Crippen LogP contribution is -3.14. The molecular weight excluding hydrogens is 380 g/mol. The van der Waals surface area contributed by atoms with Crippen molar-refractivity contribution in [2.45, 2.75) is 77.2 Å². The molecule has 0 radical (unpaired) electrons. The molecule has 0 bridgehead atoms. The van der Waals surface area contributed by atoms with Crippen molar-refractivity contribution in [3.63, 3.8) is 0 Å². The average Bonchev–Trinajstić information content (AvgIpc) is 2.96. The molecule has 2 aliphatic carbocycles. The summed E-state index contributed by atoms with van der Waals surface area (Å²) in [4.78, 5) is 25.7. The number of piperazine rings is 1. The van der Waals surface area contributed by atoms with Gasteiger partial charge in [0.2, 0.25) is 5.95 Å². The van der Waals surface area contributed by atoms with E-state index in [1.165, 1.54) is 55.5 Å². The van der Waals surface area contributed by atoms with E-state index in [2.05, 4.69) is 16.4 Å². The minimum absolute atomic E-state index is 0.265. The van der Waals surface area contributed by atoms with Crippen molar-refractivity contribution in [2.75, 3.05) is 37.6 Å². The van der Waals surface area contributed by atoms with Crippen LogP contribution >= 0.6 is 11.3 Å². The van der Waals surface area contributed by atoms with Gasteiger partial charge in [0.25, 0.3) is 5.56 Å². The number of nitrogens with zero attached hydrogens (tertiary/aromatic N) is 3. The van der Waals surface area contributed by atoms with Crippen molar-refractivity contribution in [3.8, 4) is 0 Å². The van der Waals surface area contributed by atoms with Crippen LogP contribution in [0.5, 0.6) is 0 Å². The highest BCUT2D eigenvalue weighted by molar-refractivity contribution is 7.18. The maximum absolute atomic E-state index is 14.0. The zero-order valence-electron chi connectivity index (χ0n) is 17.8. The maximum atomic E-state index is 14.0. The molecule has 2 aromatic rings. The number of fused-ring (bicyclic) bond motifs is 3. The van der Waals surface area contributed by atoms with Gasteiger partial charge in [0.1, 0.15) is 4.83 Å². The van der Waals surface area contributed by atoms with Crippen LogP contribution in [0.4, 0.5) is 5.95 Å². The molecule has 1 saturated heterocycles. The van der Waals surface area contributed by atoms with Gasteiger partial charge in [0, 0.05) is 10.9 Å². The highest BCUT2D eigenvalue weighted by atomic mass is 32.1. The topological polar surface area (TPSA) is 42.6 Å². The predicted molar refractivity (Wildman–Crippen MR) is 121 cm³/mol. The SMILES string of the molecule is CC[NH+]1CCN(c2nc3sc4c(c3c(=O)n2C2CCCCC2)CCCCC4)CC1. The fraction of sp³-hybridized carbons (Fsp3) is 0.739. The van der Waals surface area contributed by atoms with Crippen molar-refractivity contribution >= 4 is 27.5 Å². The molecule has 29 heavy (non-hydrogen) atoms. The second-order valence-electron chi connectivity index (χ2n) is 9.21. The molecule has 0 aromatic carbocycles. The summed E-state index contributed by atoms with van der Waals surface area (Å²) in [5.41, 5.74) is 1.61. The lowest BCUT2D eigenvalue weighted by molar-refractivity contribution is -0.898. The number of aromatic nitrogens is 2. The number of hydrogen-bond acceptors (Lipinski definition) is 4. The summed E-state index contributed by atoms with van der Waals surface area (Å²) in [6.45, 7) is 7.78. The van der Waals surface area contributed by atoms with Crippen LogP contribution in [0.15, 0.2) is 4.79 Å². The minimum Gasteiger partial charge on any atom is -0.332 e. The summed E-state index contributed by atoms with van der Waals surface area (Å²) in [6, 6.07) is 0.334. The molecule has 2 aromatic heterocycles. The van der Waals surface area contributed by atoms with Crippen LogP contribution in [0.2, 0.25) is 0 Å². The highest BCUT2D eigenvalue weighted by Crippen LogP contribution is 2.36. The zero-order valence-corrected chi connectivity index (χ0v) is 18.7. The number of thiophene rings is 1.